The van der Waals surface area contributed by atoms with Crippen LogP contribution in [0.25, 0.3) is 0 Å². The second kappa shape index (κ2) is 3.18. The molecule has 3 fully saturated rings. The van der Waals surface area contributed by atoms with Crippen LogP contribution < -0.4 is 0 Å². The summed E-state index contributed by atoms with van der Waals surface area (Å²) in [6.07, 6.45) is 1.07. The molecule has 0 aromatic carbocycles. The number of ketones is 1. The Kier molecular flexibility index (Phi) is 1.91. The molecule has 0 aromatic rings. The first-order valence-electron chi connectivity index (χ1n) is 6.73. The van der Waals surface area contributed by atoms with Crippen molar-refractivity contribution in [2.75, 3.05) is 0 Å². The Morgan fingerprint density at radius 2 is 2.11 bits per heavy atom. The summed E-state index contributed by atoms with van der Waals surface area (Å²) in [4.78, 5) is 23.8. The van der Waals surface area contributed by atoms with Crippen LogP contribution in [0.15, 0.2) is 23.3 Å². The largest absolute Gasteiger partial charge is 0.458 e. The van der Waals surface area contributed by atoms with Crippen LogP contribution in [0.1, 0.15) is 26.7 Å². The van der Waals surface area contributed by atoms with Crippen LogP contribution in [-0.4, -0.2) is 30.1 Å². The van der Waals surface area contributed by atoms with E-state index >= 15 is 0 Å². The number of carbonyl (C=O) groups excluding carboxylic acids is 2. The van der Waals surface area contributed by atoms with Gasteiger partial charge in [-0.1, -0.05) is 19.1 Å². The maximum atomic E-state index is 12.1. The summed E-state index contributed by atoms with van der Waals surface area (Å²) >= 11 is 0. The lowest BCUT2D eigenvalue weighted by Gasteiger charge is -2.42. The van der Waals surface area contributed by atoms with Crippen molar-refractivity contribution in [3.63, 3.8) is 0 Å². The molecule has 0 radical (unpaired) electrons. The molecule has 2 aliphatic heterocycles. The van der Waals surface area contributed by atoms with E-state index in [9.17, 15) is 9.59 Å². The molecular weight excluding hydrogens is 244 g/mol. The van der Waals surface area contributed by atoms with Gasteiger partial charge in [-0.3, -0.25) is 4.79 Å². The van der Waals surface area contributed by atoms with Gasteiger partial charge in [0, 0.05) is 16.9 Å². The first-order chi connectivity index (χ1) is 8.93. The molecule has 0 unspecified atom stereocenters. The molecule has 0 N–H and O–H groups in total. The summed E-state index contributed by atoms with van der Waals surface area (Å²) in [6, 6.07) is 0. The maximum absolute atomic E-state index is 12.1. The molecule has 2 aliphatic carbocycles. The van der Waals surface area contributed by atoms with Gasteiger partial charge in [0.1, 0.15) is 18.3 Å². The van der Waals surface area contributed by atoms with Crippen LogP contribution in [-0.2, 0) is 19.1 Å². The van der Waals surface area contributed by atoms with Crippen LogP contribution in [0.3, 0.4) is 0 Å². The summed E-state index contributed by atoms with van der Waals surface area (Å²) in [5.74, 6) is -0.129. The third-order valence-corrected chi connectivity index (χ3v) is 5.36. The van der Waals surface area contributed by atoms with Gasteiger partial charge in [-0.05, 0) is 25.3 Å². The molecule has 1 saturated carbocycles. The Labute approximate surface area is 111 Å². The second-order valence-electron chi connectivity index (χ2n) is 6.35. The van der Waals surface area contributed by atoms with Crippen molar-refractivity contribution in [3.05, 3.63) is 23.3 Å². The molecule has 0 amide bonds. The van der Waals surface area contributed by atoms with E-state index in [2.05, 4.69) is 13.5 Å². The van der Waals surface area contributed by atoms with Crippen LogP contribution in [0.2, 0.25) is 0 Å². The van der Waals surface area contributed by atoms with Crippen molar-refractivity contribution in [2.45, 2.75) is 45.0 Å². The van der Waals surface area contributed by atoms with E-state index in [1.807, 2.05) is 6.92 Å². The molecule has 100 valence electrons. The highest BCUT2D eigenvalue weighted by Crippen LogP contribution is 2.59. The Hall–Kier alpha value is -1.42. The lowest BCUT2D eigenvalue weighted by Crippen LogP contribution is -2.44. The lowest BCUT2D eigenvalue weighted by molar-refractivity contribution is -0.140. The lowest BCUT2D eigenvalue weighted by atomic mass is 9.60. The average molecular weight is 260 g/mol. The molecule has 2 saturated heterocycles. The van der Waals surface area contributed by atoms with Crippen molar-refractivity contribution < 1.29 is 19.1 Å². The molecule has 4 aliphatic rings. The molecule has 0 bridgehead atoms. The SMILES string of the molecule is C=C1C(=O)O[C@@H]2C[C@]3(C)C(=C(C)C(=O)[C@@H]4O[C@@H]43)C[C@H]12. The standard InChI is InChI=1S/C15H16O4/c1-6-8-4-9-7(2)11(16)12-13(19-12)15(9,3)5-10(8)18-14(6)17/h8,10,12-13H,1,4-5H2,2-3H3/t8-,10-,12+,13+,15-/m1/s1. The van der Waals surface area contributed by atoms with Crippen LogP contribution >= 0.6 is 0 Å². The van der Waals surface area contributed by atoms with Gasteiger partial charge >= 0.3 is 5.97 Å². The van der Waals surface area contributed by atoms with E-state index in [4.69, 9.17) is 9.47 Å². The van der Waals surface area contributed by atoms with Crippen molar-refractivity contribution in [3.8, 4) is 0 Å². The fourth-order valence-electron chi connectivity index (χ4n) is 4.13. The minimum absolute atomic E-state index is 0.0211. The molecular formula is C15H16O4. The molecule has 4 rings (SSSR count). The number of rotatable bonds is 0. The van der Waals surface area contributed by atoms with Gasteiger partial charge in [-0.15, -0.1) is 0 Å². The normalized spacial score (nSPS) is 47.6. The Bertz CT molecular complexity index is 573. The van der Waals surface area contributed by atoms with Crippen molar-refractivity contribution in [1.82, 2.24) is 0 Å². The minimum atomic E-state index is -0.282. The number of epoxide rings is 1. The highest BCUT2D eigenvalue weighted by atomic mass is 16.6. The third-order valence-electron chi connectivity index (χ3n) is 5.36. The van der Waals surface area contributed by atoms with E-state index in [1.165, 1.54) is 0 Å². The van der Waals surface area contributed by atoms with E-state index in [-0.39, 0.29) is 41.4 Å². The zero-order chi connectivity index (χ0) is 13.5. The first kappa shape index (κ1) is 11.4. The van der Waals surface area contributed by atoms with Crippen molar-refractivity contribution in [1.29, 1.82) is 0 Å². The summed E-state index contributed by atoms with van der Waals surface area (Å²) in [5.41, 5.74) is 2.37. The predicted octanol–water partition coefficient (Wildman–Crippen LogP) is 1.55. The number of Topliss-reactive ketones (excluding diaryl/α,β-unsaturated/α-hetero) is 1. The molecule has 4 heteroatoms. The highest BCUT2D eigenvalue weighted by molar-refractivity contribution is 6.03. The average Bonchev–Trinajstić information content (AvgIpc) is 3.12. The first-order valence-corrected chi connectivity index (χ1v) is 6.73. The van der Waals surface area contributed by atoms with Crippen LogP contribution in [0, 0.1) is 11.3 Å². The van der Waals surface area contributed by atoms with E-state index in [0.29, 0.717) is 12.0 Å². The Morgan fingerprint density at radius 1 is 1.37 bits per heavy atom. The molecule has 5 atom stereocenters. The van der Waals surface area contributed by atoms with Gasteiger partial charge < -0.3 is 9.47 Å². The van der Waals surface area contributed by atoms with Gasteiger partial charge in [-0.25, -0.2) is 4.79 Å². The van der Waals surface area contributed by atoms with E-state index < -0.39 is 0 Å². The Balaban J connectivity index is 1.80. The summed E-state index contributed by atoms with van der Waals surface area (Å²) in [6.45, 7) is 7.86. The molecule has 19 heavy (non-hydrogen) atoms. The number of hydrogen-bond donors (Lipinski definition) is 0. The summed E-state index contributed by atoms with van der Waals surface area (Å²) < 4.78 is 11.0. The van der Waals surface area contributed by atoms with E-state index in [0.717, 1.165) is 17.6 Å². The second-order valence-corrected chi connectivity index (χ2v) is 6.35. The minimum Gasteiger partial charge on any atom is -0.458 e. The number of fused-ring (bicyclic) bond motifs is 4. The van der Waals surface area contributed by atoms with E-state index in [1.54, 1.807) is 0 Å². The number of hydrogen-bond acceptors (Lipinski definition) is 4. The molecule has 0 aromatic heterocycles. The fraction of sp³-hybridized carbons (Fsp3) is 0.600. The van der Waals surface area contributed by atoms with Crippen molar-refractivity contribution >= 4 is 11.8 Å². The zero-order valence-electron chi connectivity index (χ0n) is 11.1. The van der Waals surface area contributed by atoms with Crippen molar-refractivity contribution in [2.24, 2.45) is 11.3 Å². The number of carbonyl (C=O) groups is 2. The van der Waals surface area contributed by atoms with Gasteiger partial charge in [0.05, 0.1) is 0 Å². The highest BCUT2D eigenvalue weighted by Gasteiger charge is 2.64. The molecule has 0 spiro atoms. The number of ether oxygens (including phenoxy) is 2. The molecule has 2 heterocycles. The van der Waals surface area contributed by atoms with Gasteiger partial charge in [0.15, 0.2) is 5.78 Å². The topological polar surface area (TPSA) is 55.9 Å². The van der Waals surface area contributed by atoms with Gasteiger partial charge in [-0.2, -0.15) is 0 Å². The Morgan fingerprint density at radius 3 is 2.84 bits per heavy atom. The van der Waals surface area contributed by atoms with Crippen LogP contribution in [0.4, 0.5) is 0 Å². The smallest absolute Gasteiger partial charge is 0.334 e. The third kappa shape index (κ3) is 1.23. The zero-order valence-corrected chi connectivity index (χ0v) is 11.1. The molecule has 4 nitrogen and oxygen atoms in total. The number of esters is 1. The fourth-order valence-corrected chi connectivity index (χ4v) is 4.13. The summed E-state index contributed by atoms with van der Waals surface area (Å²) in [5, 5.41) is 0. The predicted molar refractivity (Wildman–Crippen MR) is 66.2 cm³/mol. The van der Waals surface area contributed by atoms with Gasteiger partial charge in [0.2, 0.25) is 0 Å². The summed E-state index contributed by atoms with van der Waals surface area (Å²) in [7, 11) is 0. The van der Waals surface area contributed by atoms with Gasteiger partial charge in [0.25, 0.3) is 0 Å². The van der Waals surface area contributed by atoms with Crippen LogP contribution in [0.5, 0.6) is 0 Å². The monoisotopic (exact) mass is 260 g/mol. The quantitative estimate of drug-likeness (QED) is 0.377. The maximum Gasteiger partial charge on any atom is 0.334 e.